The summed E-state index contributed by atoms with van der Waals surface area (Å²) < 4.78 is 11.2. The Bertz CT molecular complexity index is 1060. The van der Waals surface area contributed by atoms with Gasteiger partial charge >= 0.3 is 0 Å². The molecule has 1 amide bonds. The Kier molecular flexibility index (Phi) is 43.1. The van der Waals surface area contributed by atoms with Gasteiger partial charge in [-0.2, -0.15) is 0 Å². The zero-order chi connectivity index (χ0) is 46.6. The Morgan fingerprint density at radius 3 is 1.31 bits per heavy atom. The summed E-state index contributed by atoms with van der Waals surface area (Å²) in [6.07, 6.45) is 50.0. The molecule has 1 heterocycles. The molecule has 1 fully saturated rings. The zero-order valence-corrected chi connectivity index (χ0v) is 41.8. The normalized spacial score (nSPS) is 20.1. The standard InChI is InChI=1S/C55H105NO8/c1-3-5-7-9-11-13-14-15-16-17-18-19-20-21-22-23-24-25-26-27-28-29-30-31-32-33-34-35-37-39-41-43-45-51(59)56-48(49(58)44-42-40-38-36-12-10-8-6-4-2)47-63-55-54(62)53(61)52(60)50(46-57)64-55/h12,36,42,44,48-50,52-55,57-58,60-62H,3-11,13-35,37-41,43,45-47H2,1-2H3,(H,56,59)/b36-12+,44-42+. The molecule has 0 spiro atoms. The first kappa shape index (κ1) is 60.7. The second-order valence-corrected chi connectivity index (χ2v) is 19.4. The topological polar surface area (TPSA) is 149 Å². The predicted octanol–water partition coefficient (Wildman–Crippen LogP) is 13.0. The van der Waals surface area contributed by atoms with E-state index >= 15 is 0 Å². The van der Waals surface area contributed by atoms with Crippen LogP contribution in [0.4, 0.5) is 0 Å². The van der Waals surface area contributed by atoms with Crippen LogP contribution in [0.5, 0.6) is 0 Å². The van der Waals surface area contributed by atoms with Gasteiger partial charge in [-0.05, 0) is 32.1 Å². The Morgan fingerprint density at radius 1 is 0.516 bits per heavy atom. The van der Waals surface area contributed by atoms with Crippen LogP contribution in [-0.4, -0.2) is 87.5 Å². The lowest BCUT2D eigenvalue weighted by Crippen LogP contribution is -2.60. The highest BCUT2D eigenvalue weighted by atomic mass is 16.7. The summed E-state index contributed by atoms with van der Waals surface area (Å²) in [4.78, 5) is 13.0. The summed E-state index contributed by atoms with van der Waals surface area (Å²) >= 11 is 0. The van der Waals surface area contributed by atoms with Crippen molar-refractivity contribution in [3.8, 4) is 0 Å². The Labute approximate surface area is 394 Å². The van der Waals surface area contributed by atoms with Crippen molar-refractivity contribution in [2.24, 2.45) is 0 Å². The first-order chi connectivity index (χ1) is 31.3. The molecule has 0 aliphatic carbocycles. The lowest BCUT2D eigenvalue weighted by molar-refractivity contribution is -0.302. The third-order valence-corrected chi connectivity index (χ3v) is 13.3. The average molecular weight is 908 g/mol. The minimum absolute atomic E-state index is 0.185. The van der Waals surface area contributed by atoms with Crippen LogP contribution in [0.25, 0.3) is 0 Å². The summed E-state index contributed by atoms with van der Waals surface area (Å²) in [6, 6.07) is -0.816. The van der Waals surface area contributed by atoms with E-state index in [9.17, 15) is 30.3 Å². The summed E-state index contributed by atoms with van der Waals surface area (Å²) in [7, 11) is 0. The molecule has 1 saturated heterocycles. The van der Waals surface area contributed by atoms with Crippen molar-refractivity contribution in [3.63, 3.8) is 0 Å². The number of carbonyl (C=O) groups excluding carboxylic acids is 1. The smallest absolute Gasteiger partial charge is 0.220 e. The molecule has 1 aliphatic heterocycles. The number of nitrogens with one attached hydrogen (secondary N) is 1. The fourth-order valence-corrected chi connectivity index (χ4v) is 8.88. The van der Waals surface area contributed by atoms with E-state index in [0.717, 1.165) is 38.5 Å². The second kappa shape index (κ2) is 45.5. The molecule has 0 saturated carbocycles. The maximum atomic E-state index is 13.0. The number of aliphatic hydroxyl groups excluding tert-OH is 5. The summed E-state index contributed by atoms with van der Waals surface area (Å²) in [6.45, 7) is 3.72. The fourth-order valence-electron chi connectivity index (χ4n) is 8.88. The van der Waals surface area contributed by atoms with Crippen molar-refractivity contribution < 1.29 is 39.8 Å². The number of allylic oxidation sites excluding steroid dienone is 3. The molecule has 0 radical (unpaired) electrons. The van der Waals surface area contributed by atoms with Gasteiger partial charge in [-0.15, -0.1) is 0 Å². The van der Waals surface area contributed by atoms with Crippen LogP contribution in [0.2, 0.25) is 0 Å². The van der Waals surface area contributed by atoms with E-state index in [0.29, 0.717) is 6.42 Å². The number of aliphatic hydroxyl groups is 5. The second-order valence-electron chi connectivity index (χ2n) is 19.4. The van der Waals surface area contributed by atoms with Gasteiger partial charge in [0.05, 0.1) is 25.4 Å². The van der Waals surface area contributed by atoms with Gasteiger partial charge in [0, 0.05) is 6.42 Å². The van der Waals surface area contributed by atoms with E-state index in [1.807, 2.05) is 6.08 Å². The number of hydrogen-bond acceptors (Lipinski definition) is 8. The minimum atomic E-state index is -1.57. The lowest BCUT2D eigenvalue weighted by atomic mass is 9.99. The van der Waals surface area contributed by atoms with Gasteiger partial charge in [0.2, 0.25) is 5.91 Å². The van der Waals surface area contributed by atoms with Crippen LogP contribution >= 0.6 is 0 Å². The van der Waals surface area contributed by atoms with E-state index in [-0.39, 0.29) is 12.5 Å². The molecule has 0 bridgehead atoms. The molecule has 7 unspecified atom stereocenters. The van der Waals surface area contributed by atoms with Crippen LogP contribution in [0.15, 0.2) is 24.3 Å². The molecule has 1 aliphatic rings. The molecule has 9 heteroatoms. The maximum absolute atomic E-state index is 13.0. The number of carbonyl (C=O) groups is 1. The lowest BCUT2D eigenvalue weighted by Gasteiger charge is -2.40. The van der Waals surface area contributed by atoms with Gasteiger partial charge in [-0.25, -0.2) is 0 Å². The monoisotopic (exact) mass is 908 g/mol. The van der Waals surface area contributed by atoms with E-state index in [4.69, 9.17) is 9.47 Å². The molecule has 0 aromatic carbocycles. The van der Waals surface area contributed by atoms with Gasteiger partial charge in [-0.3, -0.25) is 4.79 Å². The van der Waals surface area contributed by atoms with Crippen LogP contribution in [0, 0.1) is 0 Å². The van der Waals surface area contributed by atoms with Gasteiger partial charge in [0.25, 0.3) is 0 Å². The third kappa shape index (κ3) is 34.9. The molecular weight excluding hydrogens is 803 g/mol. The molecule has 378 valence electrons. The summed E-state index contributed by atoms with van der Waals surface area (Å²) in [5.74, 6) is -0.185. The predicted molar refractivity (Wildman–Crippen MR) is 267 cm³/mol. The molecular formula is C55H105NO8. The largest absolute Gasteiger partial charge is 0.394 e. The fraction of sp³-hybridized carbons (Fsp3) is 0.909. The van der Waals surface area contributed by atoms with Crippen molar-refractivity contribution in [2.45, 2.75) is 307 Å². The van der Waals surface area contributed by atoms with Crippen molar-refractivity contribution in [3.05, 3.63) is 24.3 Å². The van der Waals surface area contributed by atoms with Crippen LogP contribution in [0.1, 0.15) is 264 Å². The van der Waals surface area contributed by atoms with E-state index in [1.54, 1.807) is 6.08 Å². The van der Waals surface area contributed by atoms with Crippen LogP contribution < -0.4 is 5.32 Å². The number of rotatable bonds is 47. The number of ether oxygens (including phenoxy) is 2. The van der Waals surface area contributed by atoms with Crippen molar-refractivity contribution in [2.75, 3.05) is 13.2 Å². The molecule has 9 nitrogen and oxygen atoms in total. The zero-order valence-electron chi connectivity index (χ0n) is 41.8. The quantitative estimate of drug-likeness (QED) is 0.0261. The number of hydrogen-bond donors (Lipinski definition) is 6. The molecule has 6 N–H and O–H groups in total. The van der Waals surface area contributed by atoms with Gasteiger partial charge in [0.1, 0.15) is 24.4 Å². The van der Waals surface area contributed by atoms with Crippen molar-refractivity contribution >= 4 is 5.91 Å². The Morgan fingerprint density at radius 2 is 0.891 bits per heavy atom. The molecule has 7 atom stereocenters. The van der Waals surface area contributed by atoms with E-state index in [1.165, 1.54) is 205 Å². The molecule has 64 heavy (non-hydrogen) atoms. The average Bonchev–Trinajstić information content (AvgIpc) is 3.29. The van der Waals surface area contributed by atoms with Gasteiger partial charge in [0.15, 0.2) is 6.29 Å². The first-order valence-electron chi connectivity index (χ1n) is 27.6. The molecule has 0 aromatic heterocycles. The van der Waals surface area contributed by atoms with Crippen LogP contribution in [0.3, 0.4) is 0 Å². The maximum Gasteiger partial charge on any atom is 0.220 e. The summed E-state index contributed by atoms with van der Waals surface area (Å²) in [5.41, 5.74) is 0. The minimum Gasteiger partial charge on any atom is -0.394 e. The highest BCUT2D eigenvalue weighted by Gasteiger charge is 2.44. The van der Waals surface area contributed by atoms with E-state index in [2.05, 4.69) is 31.3 Å². The van der Waals surface area contributed by atoms with Crippen molar-refractivity contribution in [1.82, 2.24) is 5.32 Å². The van der Waals surface area contributed by atoms with Gasteiger partial charge in [-0.1, -0.05) is 250 Å². The number of unbranched alkanes of at least 4 members (excludes halogenated alkanes) is 35. The highest BCUT2D eigenvalue weighted by molar-refractivity contribution is 5.76. The highest BCUT2D eigenvalue weighted by Crippen LogP contribution is 2.23. The Balaban J connectivity index is 2.06. The molecule has 1 rings (SSSR count). The molecule has 0 aromatic rings. The first-order valence-corrected chi connectivity index (χ1v) is 27.6. The summed E-state index contributed by atoms with van der Waals surface area (Å²) in [5, 5.41) is 54.1. The van der Waals surface area contributed by atoms with Crippen molar-refractivity contribution in [1.29, 1.82) is 0 Å². The number of amides is 1. The third-order valence-electron chi connectivity index (χ3n) is 13.3. The van der Waals surface area contributed by atoms with Crippen LogP contribution in [-0.2, 0) is 14.3 Å². The SMILES string of the molecule is CCCCC/C=C/CC/C=C/C(O)C(COC1OC(CO)C(O)C(O)C1O)NC(=O)CCCCCCCCCCCCCCCCCCCCCCCCCCCCCCCCCC. The van der Waals surface area contributed by atoms with Gasteiger partial charge < -0.3 is 40.3 Å². The Hall–Kier alpha value is -1.33. The van der Waals surface area contributed by atoms with E-state index < -0.39 is 49.5 Å².